The lowest BCUT2D eigenvalue weighted by molar-refractivity contribution is 0.363. The third-order valence-electron chi connectivity index (χ3n) is 2.28. The highest BCUT2D eigenvalue weighted by Crippen LogP contribution is 2.40. The van der Waals surface area contributed by atoms with Crippen LogP contribution in [0.4, 0.5) is 0 Å². The number of hydrogen-bond acceptors (Lipinski definition) is 2. The molecule has 3 heteroatoms. The van der Waals surface area contributed by atoms with E-state index in [1.165, 1.54) is 5.57 Å². The molecule has 1 atom stereocenters. The molecule has 66 valence electrons. The van der Waals surface area contributed by atoms with Crippen LogP contribution in [-0.2, 0) is 0 Å². The molecule has 0 heterocycles. The quantitative estimate of drug-likeness (QED) is 0.579. The van der Waals surface area contributed by atoms with E-state index in [4.69, 9.17) is 10.0 Å². The minimum atomic E-state index is -1.27. The fourth-order valence-electron chi connectivity index (χ4n) is 1.82. The molecule has 1 aliphatic carbocycles. The van der Waals surface area contributed by atoms with E-state index in [2.05, 4.69) is 6.08 Å². The van der Waals surface area contributed by atoms with E-state index >= 15 is 0 Å². The first kappa shape index (κ1) is 9.55. The molecular formula is C9H15BO2. The van der Waals surface area contributed by atoms with E-state index in [1.807, 2.05) is 26.8 Å². The Balaban J connectivity index is 2.92. The second-order valence-corrected chi connectivity index (χ2v) is 3.94. The van der Waals surface area contributed by atoms with Crippen LogP contribution >= 0.6 is 0 Å². The summed E-state index contributed by atoms with van der Waals surface area (Å²) in [7, 11) is -1.27. The summed E-state index contributed by atoms with van der Waals surface area (Å²) in [5, 5.41) is 17.8. The van der Waals surface area contributed by atoms with E-state index in [-0.39, 0.29) is 0 Å². The van der Waals surface area contributed by atoms with E-state index < -0.39 is 12.4 Å². The van der Waals surface area contributed by atoms with Crippen molar-refractivity contribution >= 4 is 7.12 Å². The van der Waals surface area contributed by atoms with Gasteiger partial charge >= 0.3 is 7.12 Å². The lowest BCUT2D eigenvalue weighted by atomic mass is 9.54. The molecule has 0 aromatic rings. The predicted octanol–water partition coefficient (Wildman–Crippen LogP) is 1.52. The maximum Gasteiger partial charge on any atom is 0.462 e. The molecule has 0 saturated carbocycles. The van der Waals surface area contributed by atoms with Gasteiger partial charge in [-0.25, -0.2) is 0 Å². The number of hydrogen-bond donors (Lipinski definition) is 2. The predicted molar refractivity (Wildman–Crippen MR) is 50.7 cm³/mol. The largest absolute Gasteiger partial charge is 0.462 e. The van der Waals surface area contributed by atoms with Gasteiger partial charge in [0.05, 0.1) is 0 Å². The molecule has 1 aliphatic rings. The molecule has 0 spiro atoms. The average molecular weight is 166 g/mol. The molecule has 0 radical (unpaired) electrons. The lowest BCUT2D eigenvalue weighted by Crippen LogP contribution is -2.30. The van der Waals surface area contributed by atoms with Crippen LogP contribution in [0.25, 0.3) is 0 Å². The Bertz CT molecular complexity index is 243. The van der Waals surface area contributed by atoms with Crippen molar-refractivity contribution in [2.75, 3.05) is 0 Å². The van der Waals surface area contributed by atoms with Gasteiger partial charge in [0.2, 0.25) is 0 Å². The molecule has 0 saturated heterocycles. The minimum Gasteiger partial charge on any atom is -0.426 e. The van der Waals surface area contributed by atoms with Crippen LogP contribution in [0.15, 0.2) is 23.3 Å². The Kier molecular flexibility index (Phi) is 2.45. The summed E-state index contributed by atoms with van der Waals surface area (Å²) in [5.41, 5.74) is 2.31. The molecule has 2 nitrogen and oxygen atoms in total. The van der Waals surface area contributed by atoms with Gasteiger partial charge in [-0.1, -0.05) is 30.2 Å². The molecule has 0 aliphatic heterocycles. The Labute approximate surface area is 73.8 Å². The first-order chi connectivity index (χ1) is 5.44. The second-order valence-electron chi connectivity index (χ2n) is 3.94. The summed E-state index contributed by atoms with van der Waals surface area (Å²) in [4.78, 5) is 0. The van der Waals surface area contributed by atoms with Crippen molar-refractivity contribution in [1.29, 1.82) is 0 Å². The van der Waals surface area contributed by atoms with Gasteiger partial charge in [-0.2, -0.15) is 0 Å². The van der Waals surface area contributed by atoms with Crippen molar-refractivity contribution in [2.24, 2.45) is 0 Å². The lowest BCUT2D eigenvalue weighted by Gasteiger charge is -2.29. The van der Waals surface area contributed by atoms with Gasteiger partial charge < -0.3 is 10.0 Å². The number of allylic oxidation sites excluding steroid dienone is 4. The standard InChI is InChI=1S/C9H15BO2/c1-7-4-8(2)6-9(3,5-7)10(11)12/h4-5,11-12H,6H2,1-3H3. The molecule has 0 amide bonds. The van der Waals surface area contributed by atoms with Crippen LogP contribution in [0, 0.1) is 0 Å². The minimum absolute atomic E-state index is 0.497. The zero-order valence-corrected chi connectivity index (χ0v) is 7.83. The molecular weight excluding hydrogens is 151 g/mol. The molecule has 0 aromatic carbocycles. The third-order valence-corrected chi connectivity index (χ3v) is 2.28. The molecule has 0 bridgehead atoms. The summed E-state index contributed by atoms with van der Waals surface area (Å²) in [6.45, 7) is 5.85. The fourth-order valence-corrected chi connectivity index (χ4v) is 1.82. The topological polar surface area (TPSA) is 40.5 Å². The van der Waals surface area contributed by atoms with Gasteiger partial charge in [0.15, 0.2) is 0 Å². The van der Waals surface area contributed by atoms with E-state index in [1.54, 1.807) is 0 Å². The van der Waals surface area contributed by atoms with Gasteiger partial charge in [-0.3, -0.25) is 0 Å². The van der Waals surface area contributed by atoms with Gasteiger partial charge in [0, 0.05) is 5.31 Å². The normalized spacial score (nSPS) is 29.4. The maximum absolute atomic E-state index is 9.16. The molecule has 0 fully saturated rings. The van der Waals surface area contributed by atoms with Crippen LogP contribution in [0.2, 0.25) is 5.31 Å². The summed E-state index contributed by atoms with van der Waals surface area (Å²) >= 11 is 0. The van der Waals surface area contributed by atoms with Crippen LogP contribution in [-0.4, -0.2) is 17.2 Å². The van der Waals surface area contributed by atoms with Crippen molar-refractivity contribution in [2.45, 2.75) is 32.5 Å². The van der Waals surface area contributed by atoms with E-state index in [0.29, 0.717) is 0 Å². The molecule has 1 unspecified atom stereocenters. The van der Waals surface area contributed by atoms with Crippen LogP contribution in [0.1, 0.15) is 27.2 Å². The van der Waals surface area contributed by atoms with Crippen molar-refractivity contribution in [3.63, 3.8) is 0 Å². The highest BCUT2D eigenvalue weighted by molar-refractivity contribution is 6.46. The Morgan fingerprint density at radius 2 is 2.00 bits per heavy atom. The van der Waals surface area contributed by atoms with Crippen molar-refractivity contribution in [1.82, 2.24) is 0 Å². The van der Waals surface area contributed by atoms with Crippen LogP contribution < -0.4 is 0 Å². The van der Waals surface area contributed by atoms with Gasteiger partial charge in [-0.05, 0) is 20.3 Å². The Morgan fingerprint density at radius 1 is 1.42 bits per heavy atom. The smallest absolute Gasteiger partial charge is 0.426 e. The molecule has 1 rings (SSSR count). The van der Waals surface area contributed by atoms with Gasteiger partial charge in [0.1, 0.15) is 0 Å². The highest BCUT2D eigenvalue weighted by Gasteiger charge is 2.36. The monoisotopic (exact) mass is 166 g/mol. The Hall–Kier alpha value is -0.535. The summed E-state index contributed by atoms with van der Waals surface area (Å²) in [5.74, 6) is 0. The van der Waals surface area contributed by atoms with Crippen molar-refractivity contribution in [3.05, 3.63) is 23.3 Å². The average Bonchev–Trinajstić information content (AvgIpc) is 1.82. The van der Waals surface area contributed by atoms with Crippen molar-refractivity contribution in [3.8, 4) is 0 Å². The molecule has 2 N–H and O–H groups in total. The summed E-state index contributed by atoms with van der Waals surface area (Å²) < 4.78 is 0. The SMILES string of the molecule is CC1=CC(C)(B(O)O)CC(C)=C1. The van der Waals surface area contributed by atoms with Crippen LogP contribution in [0.5, 0.6) is 0 Å². The first-order valence-corrected chi connectivity index (χ1v) is 4.17. The zero-order chi connectivity index (χ0) is 9.35. The summed E-state index contributed by atoms with van der Waals surface area (Å²) in [6, 6.07) is 0. The van der Waals surface area contributed by atoms with E-state index in [9.17, 15) is 0 Å². The van der Waals surface area contributed by atoms with Gasteiger partial charge in [0.25, 0.3) is 0 Å². The fraction of sp³-hybridized carbons (Fsp3) is 0.556. The maximum atomic E-state index is 9.16. The van der Waals surface area contributed by atoms with Gasteiger partial charge in [-0.15, -0.1) is 0 Å². The second kappa shape index (κ2) is 3.07. The summed E-state index contributed by atoms with van der Waals surface area (Å²) in [6.07, 6.45) is 4.72. The first-order valence-electron chi connectivity index (χ1n) is 4.17. The molecule has 0 aromatic heterocycles. The third kappa shape index (κ3) is 1.79. The Morgan fingerprint density at radius 3 is 2.42 bits per heavy atom. The number of rotatable bonds is 1. The highest BCUT2D eigenvalue weighted by atomic mass is 16.4. The van der Waals surface area contributed by atoms with Crippen LogP contribution in [0.3, 0.4) is 0 Å². The zero-order valence-electron chi connectivity index (χ0n) is 7.83. The van der Waals surface area contributed by atoms with Crippen molar-refractivity contribution < 1.29 is 10.0 Å². The molecule has 12 heavy (non-hydrogen) atoms. The van der Waals surface area contributed by atoms with E-state index in [0.717, 1.165) is 12.0 Å².